The molecule has 2 fully saturated rings. The highest BCUT2D eigenvalue weighted by molar-refractivity contribution is 7.88. The smallest absolute Gasteiger partial charge is 0.227 e. The number of rotatable bonds is 5. The van der Waals surface area contributed by atoms with Crippen molar-refractivity contribution in [2.45, 2.75) is 18.4 Å². The SMILES string of the molecule is CN(C)C(=O)[C@@H]1CN(CC2(O)CCN(c3ccc(F)cc3)CC2)CCN(S(C)(=O)=O)C1. The summed E-state index contributed by atoms with van der Waals surface area (Å²) in [5.41, 5.74) is 0.0151. The highest BCUT2D eigenvalue weighted by atomic mass is 32.2. The van der Waals surface area contributed by atoms with Gasteiger partial charge in [0.15, 0.2) is 0 Å². The number of halogens is 1. The van der Waals surface area contributed by atoms with Crippen molar-refractivity contribution in [2.24, 2.45) is 5.92 Å². The second kappa shape index (κ2) is 9.40. The topological polar surface area (TPSA) is 84.4 Å². The Morgan fingerprint density at radius 1 is 1.13 bits per heavy atom. The number of hydrogen-bond donors (Lipinski definition) is 1. The van der Waals surface area contributed by atoms with Crippen molar-refractivity contribution in [2.75, 3.05) is 71.1 Å². The number of sulfonamides is 1. The van der Waals surface area contributed by atoms with Crippen LogP contribution in [-0.2, 0) is 14.8 Å². The Kier molecular flexibility index (Phi) is 7.25. The molecule has 1 aromatic rings. The predicted molar refractivity (Wildman–Crippen MR) is 118 cm³/mol. The lowest BCUT2D eigenvalue weighted by Crippen LogP contribution is -2.52. The van der Waals surface area contributed by atoms with Gasteiger partial charge in [0.05, 0.1) is 17.8 Å². The van der Waals surface area contributed by atoms with Crippen LogP contribution in [0.25, 0.3) is 0 Å². The molecule has 2 saturated heterocycles. The Labute approximate surface area is 184 Å². The van der Waals surface area contributed by atoms with Crippen LogP contribution in [0.2, 0.25) is 0 Å². The summed E-state index contributed by atoms with van der Waals surface area (Å²) in [4.78, 5) is 18.3. The fourth-order valence-corrected chi connectivity index (χ4v) is 5.29. The maximum atomic E-state index is 13.2. The summed E-state index contributed by atoms with van der Waals surface area (Å²) in [5, 5.41) is 11.2. The van der Waals surface area contributed by atoms with Crippen molar-refractivity contribution in [3.8, 4) is 0 Å². The van der Waals surface area contributed by atoms with Gasteiger partial charge < -0.3 is 14.9 Å². The molecule has 0 aromatic heterocycles. The number of β-amino-alcohol motifs (C(OH)–C–C–N with tert-alkyl or cyclic N) is 1. The third kappa shape index (κ3) is 6.15. The molecule has 10 heteroatoms. The summed E-state index contributed by atoms with van der Waals surface area (Å²) in [7, 11) is -0.0786. The van der Waals surface area contributed by atoms with Gasteiger partial charge in [-0.1, -0.05) is 0 Å². The Balaban J connectivity index is 1.66. The Morgan fingerprint density at radius 3 is 2.29 bits per heavy atom. The molecule has 2 heterocycles. The zero-order valence-corrected chi connectivity index (χ0v) is 19.3. The van der Waals surface area contributed by atoms with E-state index in [4.69, 9.17) is 0 Å². The van der Waals surface area contributed by atoms with Crippen LogP contribution in [0.5, 0.6) is 0 Å². The molecule has 0 aliphatic carbocycles. The van der Waals surface area contributed by atoms with Gasteiger partial charge in [0.1, 0.15) is 5.82 Å². The largest absolute Gasteiger partial charge is 0.388 e. The molecule has 0 unspecified atom stereocenters. The first-order valence-electron chi connectivity index (χ1n) is 10.6. The van der Waals surface area contributed by atoms with Gasteiger partial charge in [-0.25, -0.2) is 17.1 Å². The summed E-state index contributed by atoms with van der Waals surface area (Å²) in [5.74, 6) is -0.864. The molecule has 174 valence electrons. The van der Waals surface area contributed by atoms with E-state index in [1.54, 1.807) is 26.2 Å². The van der Waals surface area contributed by atoms with Crippen molar-refractivity contribution in [3.05, 3.63) is 30.1 Å². The maximum Gasteiger partial charge on any atom is 0.227 e. The molecule has 31 heavy (non-hydrogen) atoms. The highest BCUT2D eigenvalue weighted by Crippen LogP contribution is 2.28. The zero-order chi connectivity index (χ0) is 22.8. The average Bonchev–Trinajstić information content (AvgIpc) is 2.91. The number of aliphatic hydroxyl groups is 1. The van der Waals surface area contributed by atoms with Crippen LogP contribution in [0.4, 0.5) is 10.1 Å². The predicted octanol–water partition coefficient (Wildman–Crippen LogP) is 0.439. The Bertz CT molecular complexity index is 870. The van der Waals surface area contributed by atoms with Gasteiger partial charge in [0.2, 0.25) is 15.9 Å². The van der Waals surface area contributed by atoms with Crippen molar-refractivity contribution < 1.29 is 22.7 Å². The molecule has 0 spiro atoms. The van der Waals surface area contributed by atoms with Gasteiger partial charge in [-0.15, -0.1) is 0 Å². The zero-order valence-electron chi connectivity index (χ0n) is 18.5. The molecule has 0 radical (unpaired) electrons. The molecule has 0 bridgehead atoms. The molecular formula is C21H33FN4O4S. The van der Waals surface area contributed by atoms with E-state index in [2.05, 4.69) is 4.90 Å². The monoisotopic (exact) mass is 456 g/mol. The number of benzene rings is 1. The summed E-state index contributed by atoms with van der Waals surface area (Å²) < 4.78 is 38.8. The fourth-order valence-electron chi connectivity index (χ4n) is 4.42. The molecule has 1 atom stereocenters. The van der Waals surface area contributed by atoms with Gasteiger partial charge in [0, 0.05) is 65.6 Å². The number of piperidine rings is 1. The van der Waals surface area contributed by atoms with Crippen LogP contribution in [0.3, 0.4) is 0 Å². The van der Waals surface area contributed by atoms with Crippen molar-refractivity contribution in [1.29, 1.82) is 0 Å². The second-order valence-corrected chi connectivity index (χ2v) is 11.0. The summed E-state index contributed by atoms with van der Waals surface area (Å²) in [6, 6.07) is 6.35. The standard InChI is InChI=1S/C21H33FN4O4S/c1-23(2)20(27)17-14-24(12-13-26(15-17)31(3,29)30)16-21(28)8-10-25(11-9-21)19-6-4-18(22)5-7-19/h4-7,17,28H,8-16H2,1-3H3/t17-/m1/s1. The van der Waals surface area contributed by atoms with Crippen LogP contribution in [0, 0.1) is 11.7 Å². The Hall–Kier alpha value is -1.75. The summed E-state index contributed by atoms with van der Waals surface area (Å²) in [6.45, 7) is 3.01. The first kappa shape index (κ1) is 23.9. The Morgan fingerprint density at radius 2 is 1.74 bits per heavy atom. The van der Waals surface area contributed by atoms with Crippen LogP contribution >= 0.6 is 0 Å². The minimum atomic E-state index is -3.41. The molecular weight excluding hydrogens is 423 g/mol. The molecule has 1 aromatic carbocycles. The maximum absolute atomic E-state index is 13.2. The summed E-state index contributed by atoms with van der Waals surface area (Å²) >= 11 is 0. The van der Waals surface area contributed by atoms with Crippen LogP contribution in [0.1, 0.15) is 12.8 Å². The van der Waals surface area contributed by atoms with E-state index in [9.17, 15) is 22.7 Å². The van der Waals surface area contributed by atoms with Crippen molar-refractivity contribution >= 4 is 21.6 Å². The first-order valence-corrected chi connectivity index (χ1v) is 12.4. The minimum Gasteiger partial charge on any atom is -0.388 e. The number of nitrogens with zero attached hydrogens (tertiary/aromatic N) is 4. The molecule has 2 aliphatic rings. The van der Waals surface area contributed by atoms with Gasteiger partial charge >= 0.3 is 0 Å². The molecule has 8 nitrogen and oxygen atoms in total. The van der Waals surface area contributed by atoms with Gasteiger partial charge in [-0.3, -0.25) is 9.69 Å². The second-order valence-electron chi connectivity index (χ2n) is 8.97. The molecule has 1 amide bonds. The van der Waals surface area contributed by atoms with Gasteiger partial charge in [-0.2, -0.15) is 0 Å². The van der Waals surface area contributed by atoms with E-state index in [1.807, 2.05) is 4.90 Å². The van der Waals surface area contributed by atoms with Gasteiger partial charge in [-0.05, 0) is 37.1 Å². The highest BCUT2D eigenvalue weighted by Gasteiger charge is 2.38. The lowest BCUT2D eigenvalue weighted by molar-refractivity contribution is -0.133. The number of anilines is 1. The van der Waals surface area contributed by atoms with E-state index >= 15 is 0 Å². The number of hydrogen-bond acceptors (Lipinski definition) is 6. The van der Waals surface area contributed by atoms with E-state index < -0.39 is 21.5 Å². The minimum absolute atomic E-state index is 0.112. The third-order valence-corrected chi connectivity index (χ3v) is 7.50. The molecule has 0 saturated carbocycles. The van der Waals surface area contributed by atoms with Gasteiger partial charge in [0.25, 0.3) is 0 Å². The van der Waals surface area contributed by atoms with E-state index in [-0.39, 0.29) is 18.3 Å². The number of carbonyl (C=O) groups is 1. The average molecular weight is 457 g/mol. The van der Waals surface area contributed by atoms with E-state index in [0.717, 1.165) is 5.69 Å². The van der Waals surface area contributed by atoms with Crippen molar-refractivity contribution in [3.63, 3.8) is 0 Å². The van der Waals surface area contributed by atoms with Crippen LogP contribution in [0.15, 0.2) is 24.3 Å². The fraction of sp³-hybridized carbons (Fsp3) is 0.667. The van der Waals surface area contributed by atoms with Crippen LogP contribution < -0.4 is 4.90 Å². The number of amides is 1. The normalized spacial score (nSPS) is 23.4. The quantitative estimate of drug-likeness (QED) is 0.692. The van der Waals surface area contributed by atoms with E-state index in [0.29, 0.717) is 52.1 Å². The first-order chi connectivity index (χ1) is 14.5. The van der Waals surface area contributed by atoms with Crippen molar-refractivity contribution in [1.82, 2.24) is 14.1 Å². The lowest BCUT2D eigenvalue weighted by atomic mass is 9.90. The molecule has 2 aliphatic heterocycles. The van der Waals surface area contributed by atoms with Crippen LogP contribution in [-0.4, -0.2) is 105 Å². The summed E-state index contributed by atoms with van der Waals surface area (Å²) in [6.07, 6.45) is 2.25. The number of carbonyl (C=O) groups excluding carboxylic acids is 1. The lowest BCUT2D eigenvalue weighted by Gasteiger charge is -2.42. The third-order valence-electron chi connectivity index (χ3n) is 6.23. The van der Waals surface area contributed by atoms with E-state index in [1.165, 1.54) is 27.6 Å². The molecule has 1 N–H and O–H groups in total. The molecule has 3 rings (SSSR count).